The van der Waals surface area contributed by atoms with Gasteiger partial charge in [-0.05, 0) is 24.6 Å². The minimum absolute atomic E-state index is 0.815. The Morgan fingerprint density at radius 3 is 2.81 bits per heavy atom. The first-order valence-electron chi connectivity index (χ1n) is 7.20. The van der Waals surface area contributed by atoms with Crippen molar-refractivity contribution in [3.8, 4) is 0 Å². The van der Waals surface area contributed by atoms with Gasteiger partial charge in [-0.3, -0.25) is 14.7 Å². The molecule has 6 nitrogen and oxygen atoms in total. The SMILES string of the molecule is CN=C(NCCCn1cccn1)NCCc1ccccn1. The fourth-order valence-corrected chi connectivity index (χ4v) is 1.96. The quantitative estimate of drug-likeness (QED) is 0.454. The van der Waals surface area contributed by atoms with E-state index in [1.54, 1.807) is 13.2 Å². The molecule has 0 saturated heterocycles. The lowest BCUT2D eigenvalue weighted by Crippen LogP contribution is -2.39. The maximum atomic E-state index is 4.30. The van der Waals surface area contributed by atoms with Crippen LogP contribution >= 0.6 is 0 Å². The molecule has 0 amide bonds. The summed E-state index contributed by atoms with van der Waals surface area (Å²) in [5, 5.41) is 10.8. The number of nitrogens with one attached hydrogen (secondary N) is 2. The van der Waals surface area contributed by atoms with Crippen LogP contribution in [0.3, 0.4) is 0 Å². The van der Waals surface area contributed by atoms with E-state index in [2.05, 4.69) is 25.7 Å². The Labute approximate surface area is 125 Å². The molecule has 0 aliphatic carbocycles. The first-order chi connectivity index (χ1) is 10.4. The summed E-state index contributed by atoms with van der Waals surface area (Å²) in [6.07, 6.45) is 7.47. The monoisotopic (exact) mass is 286 g/mol. The molecule has 112 valence electrons. The lowest BCUT2D eigenvalue weighted by molar-refractivity contribution is 0.570. The molecule has 0 aliphatic heterocycles. The van der Waals surface area contributed by atoms with Crippen molar-refractivity contribution < 1.29 is 0 Å². The second-order valence-corrected chi connectivity index (χ2v) is 4.62. The third-order valence-electron chi connectivity index (χ3n) is 3.04. The highest BCUT2D eigenvalue weighted by Crippen LogP contribution is 1.93. The zero-order valence-corrected chi connectivity index (χ0v) is 12.4. The Balaban J connectivity index is 1.60. The van der Waals surface area contributed by atoms with Crippen LogP contribution in [-0.4, -0.2) is 40.9 Å². The van der Waals surface area contributed by atoms with Crippen LogP contribution in [-0.2, 0) is 13.0 Å². The van der Waals surface area contributed by atoms with Crippen LogP contribution in [0, 0.1) is 0 Å². The molecule has 2 heterocycles. The summed E-state index contributed by atoms with van der Waals surface area (Å²) >= 11 is 0. The minimum atomic E-state index is 0.815. The van der Waals surface area contributed by atoms with E-state index in [9.17, 15) is 0 Å². The Bertz CT molecular complexity index is 520. The van der Waals surface area contributed by atoms with E-state index >= 15 is 0 Å². The van der Waals surface area contributed by atoms with E-state index in [0.29, 0.717) is 0 Å². The van der Waals surface area contributed by atoms with Gasteiger partial charge < -0.3 is 10.6 Å². The molecular weight excluding hydrogens is 264 g/mol. The van der Waals surface area contributed by atoms with Crippen LogP contribution in [0.5, 0.6) is 0 Å². The van der Waals surface area contributed by atoms with Gasteiger partial charge in [-0.15, -0.1) is 0 Å². The molecule has 0 spiro atoms. The van der Waals surface area contributed by atoms with Gasteiger partial charge in [0.25, 0.3) is 0 Å². The summed E-state index contributed by atoms with van der Waals surface area (Å²) in [7, 11) is 1.78. The Morgan fingerprint density at radius 1 is 1.19 bits per heavy atom. The molecule has 0 saturated carbocycles. The fourth-order valence-electron chi connectivity index (χ4n) is 1.96. The zero-order chi connectivity index (χ0) is 14.8. The van der Waals surface area contributed by atoms with Crippen molar-refractivity contribution in [2.45, 2.75) is 19.4 Å². The molecule has 21 heavy (non-hydrogen) atoms. The van der Waals surface area contributed by atoms with Gasteiger partial charge in [0.2, 0.25) is 0 Å². The maximum Gasteiger partial charge on any atom is 0.190 e. The molecule has 0 radical (unpaired) electrons. The van der Waals surface area contributed by atoms with E-state index < -0.39 is 0 Å². The number of pyridine rings is 1. The number of hydrogen-bond acceptors (Lipinski definition) is 3. The number of aromatic nitrogens is 3. The van der Waals surface area contributed by atoms with Crippen molar-refractivity contribution in [1.82, 2.24) is 25.4 Å². The van der Waals surface area contributed by atoms with E-state index in [1.165, 1.54) is 0 Å². The molecule has 2 aromatic rings. The van der Waals surface area contributed by atoms with Crippen LogP contribution in [0.15, 0.2) is 47.8 Å². The van der Waals surface area contributed by atoms with Gasteiger partial charge >= 0.3 is 0 Å². The number of aliphatic imine (C=N–C) groups is 1. The number of rotatable bonds is 7. The van der Waals surface area contributed by atoms with E-state index in [-0.39, 0.29) is 0 Å². The van der Waals surface area contributed by atoms with E-state index in [4.69, 9.17) is 0 Å². The van der Waals surface area contributed by atoms with E-state index in [1.807, 2.05) is 41.3 Å². The van der Waals surface area contributed by atoms with Crippen LogP contribution in [0.1, 0.15) is 12.1 Å². The molecule has 0 unspecified atom stereocenters. The smallest absolute Gasteiger partial charge is 0.190 e. The topological polar surface area (TPSA) is 67.1 Å². The summed E-state index contributed by atoms with van der Waals surface area (Å²) in [4.78, 5) is 8.50. The highest BCUT2D eigenvalue weighted by atomic mass is 15.3. The Morgan fingerprint density at radius 2 is 2.10 bits per heavy atom. The van der Waals surface area contributed by atoms with Crippen LogP contribution in [0.2, 0.25) is 0 Å². The fraction of sp³-hybridized carbons (Fsp3) is 0.400. The maximum absolute atomic E-state index is 4.30. The summed E-state index contributed by atoms with van der Waals surface area (Å²) in [5.41, 5.74) is 1.08. The number of guanidine groups is 1. The molecule has 2 N–H and O–H groups in total. The lowest BCUT2D eigenvalue weighted by atomic mass is 10.3. The third kappa shape index (κ3) is 5.64. The molecular formula is C15H22N6. The standard InChI is InChI=1S/C15H22N6/c1-16-15(18-9-4-12-21-13-5-10-20-21)19-11-7-14-6-2-3-8-17-14/h2-3,5-6,8,10,13H,4,7,9,11-12H2,1H3,(H2,16,18,19). The van der Waals surface area contributed by atoms with Crippen molar-refractivity contribution in [3.63, 3.8) is 0 Å². The van der Waals surface area contributed by atoms with Crippen molar-refractivity contribution in [2.24, 2.45) is 4.99 Å². The first-order valence-corrected chi connectivity index (χ1v) is 7.20. The Hall–Kier alpha value is -2.37. The van der Waals surface area contributed by atoms with Crippen LogP contribution in [0.4, 0.5) is 0 Å². The van der Waals surface area contributed by atoms with Crippen molar-refractivity contribution in [2.75, 3.05) is 20.1 Å². The van der Waals surface area contributed by atoms with E-state index in [0.717, 1.165) is 44.1 Å². The summed E-state index contributed by atoms with van der Waals surface area (Å²) in [6, 6.07) is 7.90. The van der Waals surface area contributed by atoms with Crippen molar-refractivity contribution >= 4 is 5.96 Å². The summed E-state index contributed by atoms with van der Waals surface area (Å²) in [6.45, 7) is 2.59. The van der Waals surface area contributed by atoms with Gasteiger partial charge in [-0.1, -0.05) is 6.07 Å². The Kier molecular flexibility index (Phi) is 6.25. The highest BCUT2D eigenvalue weighted by molar-refractivity contribution is 5.79. The molecule has 0 bridgehead atoms. The lowest BCUT2D eigenvalue weighted by Gasteiger charge is -2.11. The van der Waals surface area contributed by atoms with Gasteiger partial charge in [0.1, 0.15) is 0 Å². The predicted molar refractivity (Wildman–Crippen MR) is 84.1 cm³/mol. The highest BCUT2D eigenvalue weighted by Gasteiger charge is 1.98. The molecule has 0 fully saturated rings. The third-order valence-corrected chi connectivity index (χ3v) is 3.04. The van der Waals surface area contributed by atoms with Gasteiger partial charge in [-0.2, -0.15) is 5.10 Å². The molecule has 6 heteroatoms. The van der Waals surface area contributed by atoms with Gasteiger partial charge in [0, 0.05) is 57.4 Å². The second-order valence-electron chi connectivity index (χ2n) is 4.62. The summed E-state index contributed by atoms with van der Waals surface area (Å²) < 4.78 is 1.93. The van der Waals surface area contributed by atoms with Crippen molar-refractivity contribution in [3.05, 3.63) is 48.5 Å². The van der Waals surface area contributed by atoms with Crippen LogP contribution < -0.4 is 10.6 Å². The normalized spacial score (nSPS) is 11.4. The number of hydrogen-bond donors (Lipinski definition) is 2. The van der Waals surface area contributed by atoms with Crippen molar-refractivity contribution in [1.29, 1.82) is 0 Å². The molecule has 2 rings (SSSR count). The van der Waals surface area contributed by atoms with Crippen LogP contribution in [0.25, 0.3) is 0 Å². The predicted octanol–water partition coefficient (Wildman–Crippen LogP) is 1.08. The van der Waals surface area contributed by atoms with Gasteiger partial charge in [0.05, 0.1) is 0 Å². The molecule has 0 atom stereocenters. The number of nitrogens with zero attached hydrogens (tertiary/aromatic N) is 4. The molecule has 2 aromatic heterocycles. The zero-order valence-electron chi connectivity index (χ0n) is 12.4. The summed E-state index contributed by atoms with van der Waals surface area (Å²) in [5.74, 6) is 0.825. The average Bonchev–Trinajstić information content (AvgIpc) is 3.04. The largest absolute Gasteiger partial charge is 0.356 e. The average molecular weight is 286 g/mol. The van der Waals surface area contributed by atoms with Gasteiger partial charge in [-0.25, -0.2) is 0 Å². The molecule has 0 aliphatic rings. The van der Waals surface area contributed by atoms with Gasteiger partial charge in [0.15, 0.2) is 5.96 Å². The number of aryl methyl sites for hydroxylation is 1. The first kappa shape index (κ1) is 15.0. The minimum Gasteiger partial charge on any atom is -0.356 e. The second kappa shape index (κ2) is 8.73. The molecule has 0 aromatic carbocycles.